The molecule has 1 N–H and O–H groups in total. The van der Waals surface area contributed by atoms with E-state index in [0.29, 0.717) is 19.1 Å². The van der Waals surface area contributed by atoms with E-state index in [1.807, 2.05) is 6.92 Å². The van der Waals surface area contributed by atoms with Crippen LogP contribution in [0.5, 0.6) is 0 Å². The summed E-state index contributed by atoms with van der Waals surface area (Å²) in [4.78, 5) is 0. The first-order valence-corrected chi connectivity index (χ1v) is 6.95. The van der Waals surface area contributed by atoms with E-state index in [1.165, 1.54) is 0 Å². The van der Waals surface area contributed by atoms with Gasteiger partial charge in [-0.1, -0.05) is 13.8 Å². The molecule has 88 valence electrons. The molecule has 1 rings (SSSR count). The molecule has 0 amide bonds. The second-order valence-electron chi connectivity index (χ2n) is 4.15. The Labute approximate surface area is 91.6 Å². The van der Waals surface area contributed by atoms with Gasteiger partial charge in [0.1, 0.15) is 0 Å². The zero-order chi connectivity index (χ0) is 11.3. The number of hydrogen-bond donors (Lipinski definition) is 1. The van der Waals surface area contributed by atoms with Gasteiger partial charge in [-0.3, -0.25) is 4.57 Å². The average Bonchev–Trinajstić information content (AvgIpc) is 2.15. The van der Waals surface area contributed by atoms with Crippen LogP contribution in [-0.2, 0) is 13.6 Å². The van der Waals surface area contributed by atoms with Crippen molar-refractivity contribution in [1.29, 1.82) is 0 Å². The largest absolute Gasteiger partial charge is 0.388 e. The van der Waals surface area contributed by atoms with Crippen molar-refractivity contribution in [3.8, 4) is 0 Å². The van der Waals surface area contributed by atoms with Crippen LogP contribution >= 0.6 is 7.60 Å². The molecule has 4 nitrogen and oxygen atoms in total. The highest BCUT2D eigenvalue weighted by atomic mass is 31.2. The summed E-state index contributed by atoms with van der Waals surface area (Å²) in [5.41, 5.74) is 0.855. The minimum atomic E-state index is -2.95. The highest BCUT2D eigenvalue weighted by Gasteiger charge is 2.25. The Morgan fingerprint density at radius 3 is 2.60 bits per heavy atom. The fourth-order valence-electron chi connectivity index (χ4n) is 1.20. The first-order valence-electron chi connectivity index (χ1n) is 5.34. The molecule has 0 spiro atoms. The van der Waals surface area contributed by atoms with E-state index in [1.54, 1.807) is 5.82 Å². The van der Waals surface area contributed by atoms with Gasteiger partial charge in [0.05, 0.1) is 13.2 Å². The van der Waals surface area contributed by atoms with E-state index in [0.717, 1.165) is 18.7 Å². The Balaban J connectivity index is 2.48. The maximum atomic E-state index is 11.9. The van der Waals surface area contributed by atoms with Gasteiger partial charge in [0.15, 0.2) is 0 Å². The SMILES string of the molecule is CC(=CP1(=O)OCCCO1)NCC(C)C. The van der Waals surface area contributed by atoms with Crippen molar-refractivity contribution in [2.24, 2.45) is 5.92 Å². The third-order valence-corrected chi connectivity index (χ3v) is 3.76. The van der Waals surface area contributed by atoms with Gasteiger partial charge in [-0.05, 0) is 19.3 Å². The molecule has 0 aromatic rings. The van der Waals surface area contributed by atoms with E-state index >= 15 is 0 Å². The van der Waals surface area contributed by atoms with Gasteiger partial charge < -0.3 is 14.4 Å². The fourth-order valence-corrected chi connectivity index (χ4v) is 2.76. The summed E-state index contributed by atoms with van der Waals surface area (Å²) in [7, 11) is -2.95. The van der Waals surface area contributed by atoms with Crippen LogP contribution in [0, 0.1) is 5.92 Å². The van der Waals surface area contributed by atoms with Crippen LogP contribution in [0.2, 0.25) is 0 Å². The van der Waals surface area contributed by atoms with Crippen molar-refractivity contribution in [2.75, 3.05) is 19.8 Å². The molecular formula is C10H20NO3P. The van der Waals surface area contributed by atoms with E-state index < -0.39 is 7.60 Å². The van der Waals surface area contributed by atoms with E-state index in [2.05, 4.69) is 19.2 Å². The molecule has 0 radical (unpaired) electrons. The molecule has 15 heavy (non-hydrogen) atoms. The topological polar surface area (TPSA) is 47.6 Å². The maximum Gasteiger partial charge on any atom is 0.355 e. The van der Waals surface area contributed by atoms with Gasteiger partial charge in [-0.25, -0.2) is 0 Å². The van der Waals surface area contributed by atoms with Crippen molar-refractivity contribution in [1.82, 2.24) is 5.32 Å². The van der Waals surface area contributed by atoms with Gasteiger partial charge in [-0.2, -0.15) is 0 Å². The number of rotatable bonds is 4. The Hall–Kier alpha value is -0.310. The predicted molar refractivity (Wildman–Crippen MR) is 60.7 cm³/mol. The van der Waals surface area contributed by atoms with Crippen LogP contribution in [0.4, 0.5) is 0 Å². The van der Waals surface area contributed by atoms with Gasteiger partial charge in [-0.15, -0.1) is 0 Å². The molecule has 0 bridgehead atoms. The lowest BCUT2D eigenvalue weighted by molar-refractivity contribution is 0.153. The molecule has 0 unspecified atom stereocenters. The fraction of sp³-hybridized carbons (Fsp3) is 0.800. The zero-order valence-electron chi connectivity index (χ0n) is 9.66. The molecule has 5 heteroatoms. The number of hydrogen-bond acceptors (Lipinski definition) is 4. The summed E-state index contributed by atoms with van der Waals surface area (Å²) in [6, 6.07) is 0. The Morgan fingerprint density at radius 2 is 2.07 bits per heavy atom. The summed E-state index contributed by atoms with van der Waals surface area (Å²) < 4.78 is 22.2. The predicted octanol–water partition coefficient (Wildman–Crippen LogP) is 2.72. The Morgan fingerprint density at radius 1 is 1.47 bits per heavy atom. The minimum Gasteiger partial charge on any atom is -0.388 e. The lowest BCUT2D eigenvalue weighted by Gasteiger charge is -2.21. The molecule has 0 aliphatic carbocycles. The van der Waals surface area contributed by atoms with Crippen molar-refractivity contribution in [3.63, 3.8) is 0 Å². The van der Waals surface area contributed by atoms with Crippen molar-refractivity contribution < 1.29 is 13.6 Å². The quantitative estimate of drug-likeness (QED) is 0.758. The van der Waals surface area contributed by atoms with Crippen LogP contribution in [0.3, 0.4) is 0 Å². The number of nitrogens with one attached hydrogen (secondary N) is 1. The Kier molecular flexibility index (Phi) is 4.84. The zero-order valence-corrected chi connectivity index (χ0v) is 10.5. The summed E-state index contributed by atoms with van der Waals surface area (Å²) >= 11 is 0. The van der Waals surface area contributed by atoms with Crippen LogP contribution in [-0.4, -0.2) is 19.8 Å². The van der Waals surface area contributed by atoms with Gasteiger partial charge >= 0.3 is 7.60 Å². The molecule has 0 aromatic heterocycles. The van der Waals surface area contributed by atoms with Crippen LogP contribution in [0.25, 0.3) is 0 Å². The van der Waals surface area contributed by atoms with Crippen molar-refractivity contribution in [3.05, 3.63) is 11.5 Å². The van der Waals surface area contributed by atoms with E-state index in [9.17, 15) is 4.57 Å². The Bertz CT molecular complexity index is 266. The molecule has 1 saturated heterocycles. The molecule has 1 aliphatic rings. The van der Waals surface area contributed by atoms with Crippen LogP contribution < -0.4 is 5.32 Å². The molecule has 1 fully saturated rings. The minimum absolute atomic E-state index is 0.519. The van der Waals surface area contributed by atoms with E-state index in [4.69, 9.17) is 9.05 Å². The third kappa shape index (κ3) is 4.83. The molecule has 0 atom stereocenters. The maximum absolute atomic E-state index is 11.9. The molecule has 1 heterocycles. The summed E-state index contributed by atoms with van der Waals surface area (Å²) in [5, 5.41) is 3.18. The first kappa shape index (κ1) is 12.8. The second kappa shape index (κ2) is 5.69. The highest BCUT2D eigenvalue weighted by Crippen LogP contribution is 2.52. The smallest absolute Gasteiger partial charge is 0.355 e. The average molecular weight is 233 g/mol. The van der Waals surface area contributed by atoms with Gasteiger partial charge in [0.25, 0.3) is 0 Å². The summed E-state index contributed by atoms with van der Waals surface area (Å²) in [6.45, 7) is 8.02. The highest BCUT2D eigenvalue weighted by molar-refractivity contribution is 7.57. The first-order chi connectivity index (χ1) is 7.02. The lowest BCUT2D eigenvalue weighted by Crippen LogP contribution is -2.18. The van der Waals surface area contributed by atoms with Crippen molar-refractivity contribution in [2.45, 2.75) is 27.2 Å². The molecule has 0 saturated carbocycles. The van der Waals surface area contributed by atoms with Crippen molar-refractivity contribution >= 4 is 7.60 Å². The molecular weight excluding hydrogens is 213 g/mol. The van der Waals surface area contributed by atoms with Gasteiger partial charge in [0, 0.05) is 18.1 Å². The van der Waals surface area contributed by atoms with E-state index in [-0.39, 0.29) is 0 Å². The summed E-state index contributed by atoms with van der Waals surface area (Å²) in [6.07, 6.45) is 0.816. The third-order valence-electron chi connectivity index (χ3n) is 1.97. The lowest BCUT2D eigenvalue weighted by atomic mass is 10.2. The van der Waals surface area contributed by atoms with Gasteiger partial charge in [0.2, 0.25) is 0 Å². The second-order valence-corrected chi connectivity index (χ2v) is 6.00. The van der Waals surface area contributed by atoms with Crippen LogP contribution in [0.15, 0.2) is 11.5 Å². The summed E-state index contributed by atoms with van der Waals surface area (Å²) in [5.74, 6) is 2.14. The normalized spacial score (nSPS) is 21.7. The number of allylic oxidation sites excluding steroid dienone is 1. The van der Waals surface area contributed by atoms with Crippen LogP contribution in [0.1, 0.15) is 27.2 Å². The molecule has 1 aliphatic heterocycles. The molecule has 0 aromatic carbocycles. The standard InChI is InChI=1S/C10H20NO3P/c1-9(2)7-11-10(3)8-15(12)13-5-4-6-14-15/h8-9,11H,4-7H2,1-3H3. The monoisotopic (exact) mass is 233 g/mol.